The molecule has 35 heavy (non-hydrogen) atoms. The van der Waals surface area contributed by atoms with E-state index >= 15 is 0 Å². The molecule has 0 fully saturated rings. The van der Waals surface area contributed by atoms with Gasteiger partial charge >= 0.3 is 0 Å². The van der Waals surface area contributed by atoms with Crippen LogP contribution in [0.3, 0.4) is 0 Å². The third-order valence-electron chi connectivity index (χ3n) is 5.75. The average Bonchev–Trinajstić information content (AvgIpc) is 3.57. The SMILES string of the molecule is COCCN(CC(=O)N1N=C(c2cccs2)C[C@H]1c1ccc(OC)cc1)C(=O)c1ccccc1F. The molecule has 3 aromatic rings. The van der Waals surface area contributed by atoms with Crippen molar-refractivity contribution in [1.29, 1.82) is 0 Å². The molecule has 1 aromatic heterocycles. The van der Waals surface area contributed by atoms with E-state index in [0.29, 0.717) is 12.2 Å². The van der Waals surface area contributed by atoms with Crippen LogP contribution in [0.5, 0.6) is 5.75 Å². The Hall–Kier alpha value is -3.56. The Labute approximate surface area is 207 Å². The van der Waals surface area contributed by atoms with Crippen molar-refractivity contribution >= 4 is 28.9 Å². The van der Waals surface area contributed by atoms with Crippen LogP contribution < -0.4 is 4.74 Å². The highest BCUT2D eigenvalue weighted by molar-refractivity contribution is 7.12. The summed E-state index contributed by atoms with van der Waals surface area (Å²) in [6.07, 6.45) is 0.540. The fourth-order valence-electron chi connectivity index (χ4n) is 3.91. The molecule has 1 atom stereocenters. The van der Waals surface area contributed by atoms with Crippen molar-refractivity contribution in [3.8, 4) is 5.75 Å². The van der Waals surface area contributed by atoms with Gasteiger partial charge in [-0.15, -0.1) is 11.3 Å². The smallest absolute Gasteiger partial charge is 0.262 e. The zero-order valence-electron chi connectivity index (χ0n) is 19.5. The number of rotatable bonds is 9. The van der Waals surface area contributed by atoms with E-state index in [9.17, 15) is 14.0 Å². The van der Waals surface area contributed by atoms with Crippen molar-refractivity contribution in [3.63, 3.8) is 0 Å². The number of thiophene rings is 1. The molecule has 0 saturated carbocycles. The normalized spacial score (nSPS) is 15.1. The molecule has 0 spiro atoms. The van der Waals surface area contributed by atoms with Crippen LogP contribution in [0.25, 0.3) is 0 Å². The zero-order valence-corrected chi connectivity index (χ0v) is 20.3. The first-order valence-electron chi connectivity index (χ1n) is 11.1. The second-order valence-electron chi connectivity index (χ2n) is 7.95. The van der Waals surface area contributed by atoms with Crippen LogP contribution in [0.1, 0.15) is 33.3 Å². The summed E-state index contributed by atoms with van der Waals surface area (Å²) in [6, 6.07) is 16.8. The molecule has 1 aliphatic rings. The summed E-state index contributed by atoms with van der Waals surface area (Å²) < 4.78 is 24.7. The van der Waals surface area contributed by atoms with Gasteiger partial charge in [0.2, 0.25) is 0 Å². The number of benzene rings is 2. The lowest BCUT2D eigenvalue weighted by Crippen LogP contribution is -2.43. The molecular weight excluding hydrogens is 469 g/mol. The Kier molecular flexibility index (Phi) is 7.89. The fourth-order valence-corrected chi connectivity index (χ4v) is 4.63. The number of hydrogen-bond acceptors (Lipinski definition) is 6. The number of carbonyl (C=O) groups is 2. The molecule has 0 radical (unpaired) electrons. The highest BCUT2D eigenvalue weighted by Crippen LogP contribution is 2.34. The molecule has 2 aromatic carbocycles. The number of methoxy groups -OCH3 is 2. The van der Waals surface area contributed by atoms with Gasteiger partial charge in [0.1, 0.15) is 18.1 Å². The third-order valence-corrected chi connectivity index (χ3v) is 6.67. The molecular formula is C26H26FN3O4S. The summed E-state index contributed by atoms with van der Waals surface area (Å²) >= 11 is 1.55. The van der Waals surface area contributed by atoms with Crippen LogP contribution in [0.2, 0.25) is 0 Å². The summed E-state index contributed by atoms with van der Waals surface area (Å²) in [5, 5.41) is 8.05. The highest BCUT2D eigenvalue weighted by atomic mass is 32.1. The van der Waals surface area contributed by atoms with Crippen LogP contribution in [0.4, 0.5) is 4.39 Å². The molecule has 2 heterocycles. The number of amides is 2. The number of hydrogen-bond donors (Lipinski definition) is 0. The summed E-state index contributed by atoms with van der Waals surface area (Å²) in [5.74, 6) is -0.859. The lowest BCUT2D eigenvalue weighted by atomic mass is 10.0. The van der Waals surface area contributed by atoms with E-state index in [1.54, 1.807) is 24.5 Å². The van der Waals surface area contributed by atoms with Crippen molar-refractivity contribution in [1.82, 2.24) is 9.91 Å². The molecule has 4 rings (SSSR count). The molecule has 0 bridgehead atoms. The first-order chi connectivity index (χ1) is 17.0. The lowest BCUT2D eigenvalue weighted by molar-refractivity contribution is -0.133. The standard InChI is InChI=1S/C26H26FN3O4S/c1-33-14-13-29(26(32)20-6-3-4-7-21(20)27)17-25(31)30-23(18-9-11-19(34-2)12-10-18)16-22(28-30)24-8-5-15-35-24/h3-12,15,23H,13-14,16-17H2,1-2H3/t23-/m0/s1. The van der Waals surface area contributed by atoms with Crippen molar-refractivity contribution in [2.75, 3.05) is 33.9 Å². The van der Waals surface area contributed by atoms with E-state index in [4.69, 9.17) is 9.47 Å². The van der Waals surface area contributed by atoms with Gasteiger partial charge in [0.05, 0.1) is 35.9 Å². The highest BCUT2D eigenvalue weighted by Gasteiger charge is 2.35. The van der Waals surface area contributed by atoms with E-state index in [-0.39, 0.29) is 37.2 Å². The van der Waals surface area contributed by atoms with Gasteiger partial charge in [0.25, 0.3) is 11.8 Å². The van der Waals surface area contributed by atoms with Gasteiger partial charge in [0.15, 0.2) is 0 Å². The van der Waals surface area contributed by atoms with E-state index < -0.39 is 11.7 Å². The summed E-state index contributed by atoms with van der Waals surface area (Å²) in [4.78, 5) is 28.9. The number of hydrazone groups is 1. The van der Waals surface area contributed by atoms with Gasteiger partial charge in [0, 0.05) is 20.1 Å². The molecule has 0 saturated heterocycles. The van der Waals surface area contributed by atoms with Crippen molar-refractivity contribution in [2.24, 2.45) is 5.10 Å². The molecule has 0 N–H and O–H groups in total. The number of halogens is 1. The zero-order chi connectivity index (χ0) is 24.8. The molecule has 182 valence electrons. The predicted octanol–water partition coefficient (Wildman–Crippen LogP) is 4.36. The van der Waals surface area contributed by atoms with Gasteiger partial charge in [-0.05, 0) is 41.3 Å². The van der Waals surface area contributed by atoms with Crippen LogP contribution in [0.15, 0.2) is 71.1 Å². The van der Waals surface area contributed by atoms with Crippen molar-refractivity contribution in [3.05, 3.63) is 87.9 Å². The predicted molar refractivity (Wildman–Crippen MR) is 132 cm³/mol. The van der Waals surface area contributed by atoms with Crippen molar-refractivity contribution < 1.29 is 23.5 Å². The fraction of sp³-hybridized carbons (Fsp3) is 0.269. The monoisotopic (exact) mass is 495 g/mol. The number of nitrogens with zero attached hydrogens (tertiary/aromatic N) is 3. The molecule has 2 amide bonds. The minimum Gasteiger partial charge on any atom is -0.497 e. The van der Waals surface area contributed by atoms with E-state index in [0.717, 1.165) is 16.2 Å². The van der Waals surface area contributed by atoms with Crippen LogP contribution >= 0.6 is 11.3 Å². The Morgan fingerprint density at radius 3 is 2.54 bits per heavy atom. The van der Waals surface area contributed by atoms with Gasteiger partial charge < -0.3 is 14.4 Å². The first kappa shape index (κ1) is 24.6. The second-order valence-corrected chi connectivity index (χ2v) is 8.90. The van der Waals surface area contributed by atoms with Crippen LogP contribution in [-0.2, 0) is 9.53 Å². The topological polar surface area (TPSA) is 71.4 Å². The molecule has 0 unspecified atom stereocenters. The maximum atomic E-state index is 14.3. The van der Waals surface area contributed by atoms with Crippen LogP contribution in [-0.4, -0.2) is 61.4 Å². The van der Waals surface area contributed by atoms with Crippen molar-refractivity contribution in [2.45, 2.75) is 12.5 Å². The molecule has 0 aliphatic carbocycles. The van der Waals surface area contributed by atoms with Gasteiger partial charge in [-0.1, -0.05) is 30.3 Å². The maximum absolute atomic E-state index is 14.3. The lowest BCUT2D eigenvalue weighted by Gasteiger charge is -2.27. The number of carbonyl (C=O) groups excluding carboxylic acids is 2. The van der Waals surface area contributed by atoms with Gasteiger partial charge in [-0.2, -0.15) is 5.10 Å². The van der Waals surface area contributed by atoms with Gasteiger partial charge in [-0.25, -0.2) is 9.40 Å². The number of ether oxygens (including phenoxy) is 2. The summed E-state index contributed by atoms with van der Waals surface area (Å²) in [6.45, 7) is 0.0848. The Morgan fingerprint density at radius 2 is 1.89 bits per heavy atom. The van der Waals surface area contributed by atoms with E-state index in [1.807, 2.05) is 41.8 Å². The largest absolute Gasteiger partial charge is 0.497 e. The molecule has 9 heteroatoms. The first-order valence-corrected chi connectivity index (χ1v) is 12.0. The minimum absolute atomic E-state index is 0.0905. The van der Waals surface area contributed by atoms with E-state index in [2.05, 4.69) is 5.10 Å². The minimum atomic E-state index is -0.636. The summed E-state index contributed by atoms with van der Waals surface area (Å²) in [5.41, 5.74) is 1.61. The van der Waals surface area contributed by atoms with E-state index in [1.165, 1.54) is 35.2 Å². The molecule has 1 aliphatic heterocycles. The Bertz CT molecular complexity index is 1200. The quantitative estimate of drug-likeness (QED) is 0.442. The third kappa shape index (κ3) is 5.58. The molecule has 7 nitrogen and oxygen atoms in total. The Balaban J connectivity index is 1.61. The Morgan fingerprint density at radius 1 is 1.11 bits per heavy atom. The maximum Gasteiger partial charge on any atom is 0.262 e. The van der Waals surface area contributed by atoms with Crippen LogP contribution in [0, 0.1) is 5.82 Å². The summed E-state index contributed by atoms with van der Waals surface area (Å²) in [7, 11) is 3.10. The second kappa shape index (κ2) is 11.2. The van der Waals surface area contributed by atoms with Gasteiger partial charge in [-0.3, -0.25) is 9.59 Å². The average molecular weight is 496 g/mol.